The lowest BCUT2D eigenvalue weighted by Gasteiger charge is -2.23. The minimum absolute atomic E-state index is 0.0164. The number of hydrogen-bond donors (Lipinski definition) is 1. The summed E-state index contributed by atoms with van der Waals surface area (Å²) in [6.45, 7) is 4.94. The summed E-state index contributed by atoms with van der Waals surface area (Å²) >= 11 is 0. The largest absolute Gasteiger partial charge is 0.491 e. The molecule has 0 heterocycles. The summed E-state index contributed by atoms with van der Waals surface area (Å²) in [6.07, 6.45) is -0.0164. The number of carbonyl (C=O) groups is 1. The number of nitrogens with zero attached hydrogens (tertiary/aromatic N) is 1. The lowest BCUT2D eigenvalue weighted by atomic mass is 10.2. The van der Waals surface area contributed by atoms with Gasteiger partial charge in [0.05, 0.1) is 16.7 Å². The Morgan fingerprint density at radius 2 is 1.64 bits per heavy atom. The van der Waals surface area contributed by atoms with Crippen LogP contribution < -0.4 is 9.04 Å². The Balaban J connectivity index is 2.41. The van der Waals surface area contributed by atoms with Gasteiger partial charge in [-0.25, -0.2) is 8.42 Å². The van der Waals surface area contributed by atoms with E-state index in [4.69, 9.17) is 9.84 Å². The van der Waals surface area contributed by atoms with E-state index in [0.29, 0.717) is 5.75 Å². The molecular weight excluding hydrogens is 342 g/mol. The third kappa shape index (κ3) is 4.73. The fraction of sp³-hybridized carbons (Fsp3) is 0.278. The van der Waals surface area contributed by atoms with Crippen molar-refractivity contribution in [2.45, 2.75) is 31.8 Å². The number of anilines is 1. The minimum Gasteiger partial charge on any atom is -0.491 e. The highest BCUT2D eigenvalue weighted by molar-refractivity contribution is 7.92. The van der Waals surface area contributed by atoms with Crippen LogP contribution in [0.5, 0.6) is 5.75 Å². The van der Waals surface area contributed by atoms with Crippen LogP contribution in [0.15, 0.2) is 53.4 Å². The van der Waals surface area contributed by atoms with Gasteiger partial charge in [-0.3, -0.25) is 9.10 Å². The molecule has 0 aliphatic rings. The number of benzene rings is 2. The van der Waals surface area contributed by atoms with Gasteiger partial charge in [0.25, 0.3) is 10.0 Å². The van der Waals surface area contributed by atoms with Gasteiger partial charge in [-0.2, -0.15) is 0 Å². The second-order valence-electron chi connectivity index (χ2n) is 5.88. The fourth-order valence-corrected chi connectivity index (χ4v) is 3.65. The van der Waals surface area contributed by atoms with E-state index in [1.54, 1.807) is 24.3 Å². The summed E-state index contributed by atoms with van der Waals surface area (Å²) in [4.78, 5) is 11.2. The van der Waals surface area contributed by atoms with Gasteiger partial charge in [0.2, 0.25) is 0 Å². The van der Waals surface area contributed by atoms with Gasteiger partial charge in [-0.05, 0) is 57.2 Å². The van der Waals surface area contributed by atoms with E-state index in [1.807, 2.05) is 20.8 Å². The molecule has 0 fully saturated rings. The molecule has 0 saturated heterocycles. The Hall–Kier alpha value is -2.54. The first-order valence-corrected chi connectivity index (χ1v) is 9.22. The zero-order valence-electron chi connectivity index (χ0n) is 14.3. The molecule has 134 valence electrons. The van der Waals surface area contributed by atoms with Crippen molar-refractivity contribution < 1.29 is 23.1 Å². The zero-order valence-corrected chi connectivity index (χ0v) is 15.2. The van der Waals surface area contributed by atoms with E-state index in [0.717, 1.165) is 9.87 Å². The molecule has 2 aromatic carbocycles. The number of sulfonamides is 1. The van der Waals surface area contributed by atoms with Crippen molar-refractivity contribution in [1.82, 2.24) is 0 Å². The molecule has 0 atom stereocenters. The third-order valence-corrected chi connectivity index (χ3v) is 5.17. The molecule has 0 aromatic heterocycles. The van der Waals surface area contributed by atoms with E-state index in [1.165, 1.54) is 24.3 Å². The van der Waals surface area contributed by atoms with Crippen LogP contribution in [0.1, 0.15) is 19.4 Å². The zero-order chi connectivity index (χ0) is 18.6. The maximum absolute atomic E-state index is 12.9. The summed E-state index contributed by atoms with van der Waals surface area (Å²) in [5.74, 6) is -0.653. The Kier molecular flexibility index (Phi) is 5.69. The number of ether oxygens (including phenoxy) is 1. The number of rotatable bonds is 7. The highest BCUT2D eigenvalue weighted by Gasteiger charge is 2.27. The van der Waals surface area contributed by atoms with E-state index < -0.39 is 22.5 Å². The Labute approximate surface area is 147 Å². The summed E-state index contributed by atoms with van der Waals surface area (Å²) in [5.41, 5.74) is 1.18. The van der Waals surface area contributed by atoms with Crippen LogP contribution >= 0.6 is 0 Å². The number of aliphatic carboxylic acids is 1. The van der Waals surface area contributed by atoms with Gasteiger partial charge in [-0.1, -0.05) is 17.7 Å². The normalized spacial score (nSPS) is 11.4. The monoisotopic (exact) mass is 363 g/mol. The topological polar surface area (TPSA) is 83.9 Å². The molecule has 0 saturated carbocycles. The highest BCUT2D eigenvalue weighted by Crippen LogP contribution is 2.26. The summed E-state index contributed by atoms with van der Waals surface area (Å²) in [5, 5.41) is 9.14. The van der Waals surface area contributed by atoms with Crippen molar-refractivity contribution in [3.63, 3.8) is 0 Å². The molecule has 0 unspecified atom stereocenters. The molecule has 2 rings (SSSR count). The molecule has 25 heavy (non-hydrogen) atoms. The molecule has 0 aliphatic heterocycles. The van der Waals surface area contributed by atoms with E-state index in [9.17, 15) is 13.2 Å². The predicted molar refractivity (Wildman–Crippen MR) is 95.6 cm³/mol. The molecule has 0 spiro atoms. The first kappa shape index (κ1) is 18.8. The van der Waals surface area contributed by atoms with Crippen molar-refractivity contribution in [1.29, 1.82) is 0 Å². The third-order valence-electron chi connectivity index (χ3n) is 3.38. The standard InChI is InChI=1S/C18H21NO5S/c1-13(2)24-16-8-6-15(7-9-16)19(12-18(20)21)25(22,23)17-10-4-14(3)5-11-17/h4-11,13H,12H2,1-3H3,(H,20,21). The lowest BCUT2D eigenvalue weighted by molar-refractivity contribution is -0.135. The van der Waals surface area contributed by atoms with Gasteiger partial charge >= 0.3 is 5.97 Å². The Bertz CT molecular complexity index is 827. The predicted octanol–water partition coefficient (Wildman–Crippen LogP) is 3.06. The van der Waals surface area contributed by atoms with E-state index in [-0.39, 0.29) is 16.7 Å². The molecule has 0 bridgehead atoms. The minimum atomic E-state index is -3.99. The van der Waals surface area contributed by atoms with Crippen LogP contribution in [-0.4, -0.2) is 32.1 Å². The number of hydrogen-bond acceptors (Lipinski definition) is 4. The lowest BCUT2D eigenvalue weighted by Crippen LogP contribution is -2.35. The maximum Gasteiger partial charge on any atom is 0.324 e. The smallest absolute Gasteiger partial charge is 0.324 e. The average molecular weight is 363 g/mol. The number of carboxylic acid groups (broad SMARTS) is 1. The molecule has 0 radical (unpaired) electrons. The van der Waals surface area contributed by atoms with Crippen LogP contribution in [0, 0.1) is 6.92 Å². The molecule has 1 N–H and O–H groups in total. The quantitative estimate of drug-likeness (QED) is 0.817. The molecule has 6 nitrogen and oxygen atoms in total. The van der Waals surface area contributed by atoms with Gasteiger partial charge in [0.15, 0.2) is 0 Å². The van der Waals surface area contributed by atoms with Crippen LogP contribution in [0.3, 0.4) is 0 Å². The molecule has 2 aromatic rings. The molecule has 7 heteroatoms. The summed E-state index contributed by atoms with van der Waals surface area (Å²) in [7, 11) is -3.99. The van der Waals surface area contributed by atoms with Crippen LogP contribution in [-0.2, 0) is 14.8 Å². The van der Waals surface area contributed by atoms with Crippen molar-refractivity contribution in [2.75, 3.05) is 10.8 Å². The van der Waals surface area contributed by atoms with Crippen molar-refractivity contribution in [3.05, 3.63) is 54.1 Å². The van der Waals surface area contributed by atoms with Gasteiger partial charge in [0.1, 0.15) is 12.3 Å². The van der Waals surface area contributed by atoms with Crippen LogP contribution in [0.4, 0.5) is 5.69 Å². The Morgan fingerprint density at radius 3 is 2.12 bits per heavy atom. The number of aryl methyl sites for hydroxylation is 1. The van der Waals surface area contributed by atoms with Crippen molar-refractivity contribution in [3.8, 4) is 5.75 Å². The molecular formula is C18H21NO5S. The number of carboxylic acids is 1. The van der Waals surface area contributed by atoms with Crippen LogP contribution in [0.25, 0.3) is 0 Å². The highest BCUT2D eigenvalue weighted by atomic mass is 32.2. The second-order valence-corrected chi connectivity index (χ2v) is 7.74. The first-order valence-electron chi connectivity index (χ1n) is 7.78. The average Bonchev–Trinajstić information content (AvgIpc) is 2.53. The summed E-state index contributed by atoms with van der Waals surface area (Å²) in [6, 6.07) is 12.6. The molecule has 0 aliphatic carbocycles. The summed E-state index contributed by atoms with van der Waals surface area (Å²) < 4.78 is 32.2. The van der Waals surface area contributed by atoms with Crippen molar-refractivity contribution >= 4 is 21.7 Å². The fourth-order valence-electron chi connectivity index (χ4n) is 2.24. The van der Waals surface area contributed by atoms with Crippen LogP contribution in [0.2, 0.25) is 0 Å². The second kappa shape index (κ2) is 7.57. The van der Waals surface area contributed by atoms with E-state index >= 15 is 0 Å². The molecule has 0 amide bonds. The maximum atomic E-state index is 12.9. The first-order chi connectivity index (χ1) is 11.7. The van der Waals surface area contributed by atoms with Gasteiger partial charge in [0, 0.05) is 0 Å². The van der Waals surface area contributed by atoms with E-state index in [2.05, 4.69) is 0 Å². The SMILES string of the molecule is Cc1ccc(S(=O)(=O)N(CC(=O)O)c2ccc(OC(C)C)cc2)cc1. The van der Waals surface area contributed by atoms with Gasteiger partial charge in [-0.15, -0.1) is 0 Å². The van der Waals surface area contributed by atoms with Crippen molar-refractivity contribution in [2.24, 2.45) is 0 Å². The Morgan fingerprint density at radius 1 is 1.08 bits per heavy atom. The van der Waals surface area contributed by atoms with Gasteiger partial charge < -0.3 is 9.84 Å².